The van der Waals surface area contributed by atoms with Crippen molar-refractivity contribution in [3.8, 4) is 0 Å². The van der Waals surface area contributed by atoms with Gasteiger partial charge in [0.1, 0.15) is 6.04 Å². The zero-order chi connectivity index (χ0) is 13.9. The van der Waals surface area contributed by atoms with Crippen molar-refractivity contribution in [2.75, 3.05) is 20.1 Å². The fourth-order valence-electron chi connectivity index (χ4n) is 2.38. The highest BCUT2D eigenvalue weighted by Gasteiger charge is 2.41. The summed E-state index contributed by atoms with van der Waals surface area (Å²) in [5, 5.41) is 8.99. The van der Waals surface area contributed by atoms with E-state index >= 15 is 0 Å². The SMILES string of the molecule is C=CCN1C(CC(=O)O)C(=O)N(C)CCC1(C)C. The number of rotatable bonds is 4. The summed E-state index contributed by atoms with van der Waals surface area (Å²) in [5.74, 6) is -1.07. The predicted octanol–water partition coefficient (Wildman–Crippen LogP) is 0.958. The summed E-state index contributed by atoms with van der Waals surface area (Å²) in [6.07, 6.45) is 2.37. The molecule has 102 valence electrons. The molecular formula is C13H22N2O3. The molecule has 1 saturated heterocycles. The van der Waals surface area contributed by atoms with Gasteiger partial charge in [-0.2, -0.15) is 0 Å². The third-order valence-corrected chi connectivity index (χ3v) is 3.57. The molecular weight excluding hydrogens is 232 g/mol. The molecule has 0 bridgehead atoms. The molecule has 0 aromatic rings. The van der Waals surface area contributed by atoms with Gasteiger partial charge in [-0.1, -0.05) is 6.08 Å². The fraction of sp³-hybridized carbons (Fsp3) is 0.692. The van der Waals surface area contributed by atoms with Gasteiger partial charge in [-0.25, -0.2) is 0 Å². The number of carbonyl (C=O) groups excluding carboxylic acids is 1. The summed E-state index contributed by atoms with van der Waals surface area (Å²) in [5.41, 5.74) is -0.214. The summed E-state index contributed by atoms with van der Waals surface area (Å²) >= 11 is 0. The number of hydrogen-bond acceptors (Lipinski definition) is 3. The first kappa shape index (κ1) is 14.7. The van der Waals surface area contributed by atoms with Gasteiger partial charge in [0.15, 0.2) is 0 Å². The lowest BCUT2D eigenvalue weighted by Crippen LogP contribution is -2.53. The Hall–Kier alpha value is -1.36. The van der Waals surface area contributed by atoms with Gasteiger partial charge < -0.3 is 10.0 Å². The number of aliphatic carboxylic acids is 1. The molecule has 1 aliphatic heterocycles. The van der Waals surface area contributed by atoms with Crippen LogP contribution in [0.4, 0.5) is 0 Å². The molecule has 0 aromatic heterocycles. The van der Waals surface area contributed by atoms with Crippen LogP contribution in [0, 0.1) is 0 Å². The van der Waals surface area contributed by atoms with Crippen molar-refractivity contribution >= 4 is 11.9 Å². The molecule has 1 amide bonds. The normalized spacial score (nSPS) is 24.7. The number of carboxylic acid groups (broad SMARTS) is 1. The maximum absolute atomic E-state index is 12.2. The first-order valence-electron chi connectivity index (χ1n) is 6.14. The smallest absolute Gasteiger partial charge is 0.305 e. The van der Waals surface area contributed by atoms with Crippen LogP contribution in [0.2, 0.25) is 0 Å². The van der Waals surface area contributed by atoms with E-state index in [1.165, 1.54) is 0 Å². The van der Waals surface area contributed by atoms with Crippen LogP contribution in [0.15, 0.2) is 12.7 Å². The minimum atomic E-state index is -0.950. The molecule has 0 aromatic carbocycles. The second-order valence-electron chi connectivity index (χ2n) is 5.38. The second kappa shape index (κ2) is 5.52. The number of amides is 1. The van der Waals surface area contributed by atoms with Crippen molar-refractivity contribution < 1.29 is 14.7 Å². The summed E-state index contributed by atoms with van der Waals surface area (Å²) in [4.78, 5) is 26.8. The lowest BCUT2D eigenvalue weighted by Gasteiger charge is -2.39. The maximum atomic E-state index is 12.2. The average Bonchev–Trinajstić information content (AvgIpc) is 2.34. The molecule has 5 nitrogen and oxygen atoms in total. The van der Waals surface area contributed by atoms with Crippen LogP contribution in [-0.4, -0.2) is 58.5 Å². The minimum Gasteiger partial charge on any atom is -0.481 e. The largest absolute Gasteiger partial charge is 0.481 e. The van der Waals surface area contributed by atoms with E-state index in [0.29, 0.717) is 13.1 Å². The number of hydrogen-bond donors (Lipinski definition) is 1. The fourth-order valence-corrected chi connectivity index (χ4v) is 2.38. The molecule has 1 atom stereocenters. The van der Waals surface area contributed by atoms with Crippen LogP contribution in [-0.2, 0) is 9.59 Å². The summed E-state index contributed by atoms with van der Waals surface area (Å²) in [6.45, 7) is 8.94. The van der Waals surface area contributed by atoms with Gasteiger partial charge in [0.25, 0.3) is 0 Å². The zero-order valence-electron chi connectivity index (χ0n) is 11.3. The molecule has 0 radical (unpaired) electrons. The van der Waals surface area contributed by atoms with Crippen LogP contribution in [0.5, 0.6) is 0 Å². The van der Waals surface area contributed by atoms with Gasteiger partial charge in [0, 0.05) is 25.7 Å². The van der Waals surface area contributed by atoms with Crippen LogP contribution in [0.1, 0.15) is 26.7 Å². The Morgan fingerprint density at radius 2 is 2.22 bits per heavy atom. The molecule has 5 heteroatoms. The summed E-state index contributed by atoms with van der Waals surface area (Å²) in [6, 6.07) is -0.608. The molecule has 0 saturated carbocycles. The van der Waals surface area contributed by atoms with Crippen LogP contribution >= 0.6 is 0 Å². The van der Waals surface area contributed by atoms with Crippen molar-refractivity contribution in [3.05, 3.63) is 12.7 Å². The third-order valence-electron chi connectivity index (χ3n) is 3.57. The Balaban J connectivity index is 3.09. The molecule has 0 spiro atoms. The van der Waals surface area contributed by atoms with E-state index < -0.39 is 12.0 Å². The first-order chi connectivity index (χ1) is 8.29. The summed E-state index contributed by atoms with van der Waals surface area (Å²) in [7, 11) is 1.73. The predicted molar refractivity (Wildman–Crippen MR) is 69.3 cm³/mol. The highest BCUT2D eigenvalue weighted by Crippen LogP contribution is 2.27. The van der Waals surface area contributed by atoms with Gasteiger partial charge in [-0.15, -0.1) is 6.58 Å². The Morgan fingerprint density at radius 3 is 2.72 bits per heavy atom. The number of carbonyl (C=O) groups is 2. The maximum Gasteiger partial charge on any atom is 0.305 e. The molecule has 1 N–H and O–H groups in total. The molecule has 1 unspecified atom stereocenters. The van der Waals surface area contributed by atoms with E-state index in [4.69, 9.17) is 5.11 Å². The zero-order valence-corrected chi connectivity index (χ0v) is 11.3. The van der Waals surface area contributed by atoms with Crippen molar-refractivity contribution in [2.45, 2.75) is 38.3 Å². The van der Waals surface area contributed by atoms with E-state index in [2.05, 4.69) is 6.58 Å². The molecule has 1 rings (SSSR count). The lowest BCUT2D eigenvalue weighted by molar-refractivity contribution is -0.145. The second-order valence-corrected chi connectivity index (χ2v) is 5.38. The first-order valence-corrected chi connectivity index (χ1v) is 6.14. The van der Waals surface area contributed by atoms with Crippen molar-refractivity contribution in [3.63, 3.8) is 0 Å². The Kier molecular flexibility index (Phi) is 4.51. The highest BCUT2D eigenvalue weighted by molar-refractivity contribution is 5.86. The van der Waals surface area contributed by atoms with E-state index in [1.807, 2.05) is 18.7 Å². The Morgan fingerprint density at radius 1 is 1.61 bits per heavy atom. The van der Waals surface area contributed by atoms with Crippen molar-refractivity contribution in [1.29, 1.82) is 0 Å². The van der Waals surface area contributed by atoms with Gasteiger partial charge in [-0.05, 0) is 20.3 Å². The van der Waals surface area contributed by atoms with Crippen LogP contribution in [0.3, 0.4) is 0 Å². The number of carboxylic acids is 1. The van der Waals surface area contributed by atoms with E-state index in [1.54, 1.807) is 18.0 Å². The van der Waals surface area contributed by atoms with Gasteiger partial charge >= 0.3 is 5.97 Å². The highest BCUT2D eigenvalue weighted by atomic mass is 16.4. The van der Waals surface area contributed by atoms with E-state index in [-0.39, 0.29) is 17.9 Å². The molecule has 1 heterocycles. The quantitative estimate of drug-likeness (QED) is 0.759. The molecule has 0 aliphatic carbocycles. The van der Waals surface area contributed by atoms with E-state index in [0.717, 1.165) is 6.42 Å². The van der Waals surface area contributed by atoms with Crippen molar-refractivity contribution in [2.24, 2.45) is 0 Å². The minimum absolute atomic E-state index is 0.121. The Bertz CT molecular complexity index is 352. The van der Waals surface area contributed by atoms with Gasteiger partial charge in [0.2, 0.25) is 5.91 Å². The summed E-state index contributed by atoms with van der Waals surface area (Å²) < 4.78 is 0. The average molecular weight is 254 g/mol. The standard InChI is InChI=1S/C13H22N2O3/c1-5-7-15-10(9-11(16)17)12(18)14(4)8-6-13(15,2)3/h5,10H,1,6-9H2,2-4H3,(H,16,17). The lowest BCUT2D eigenvalue weighted by atomic mass is 9.96. The van der Waals surface area contributed by atoms with Gasteiger partial charge in [-0.3, -0.25) is 14.5 Å². The molecule has 1 aliphatic rings. The van der Waals surface area contributed by atoms with Crippen molar-refractivity contribution in [1.82, 2.24) is 9.80 Å². The van der Waals surface area contributed by atoms with Crippen LogP contribution in [0.25, 0.3) is 0 Å². The number of likely N-dealkylation sites (N-methyl/N-ethyl adjacent to an activating group) is 1. The monoisotopic (exact) mass is 254 g/mol. The topological polar surface area (TPSA) is 60.9 Å². The molecule has 1 fully saturated rings. The number of nitrogens with zero attached hydrogens (tertiary/aromatic N) is 2. The molecule has 18 heavy (non-hydrogen) atoms. The van der Waals surface area contributed by atoms with Gasteiger partial charge in [0.05, 0.1) is 6.42 Å². The third kappa shape index (κ3) is 3.10. The van der Waals surface area contributed by atoms with Crippen LogP contribution < -0.4 is 0 Å². The van der Waals surface area contributed by atoms with E-state index in [9.17, 15) is 9.59 Å². The Labute approximate surface area is 108 Å².